The van der Waals surface area contributed by atoms with Crippen LogP contribution in [-0.4, -0.2) is 5.66 Å². The van der Waals surface area contributed by atoms with Crippen LogP contribution in [0.2, 0.25) is 0 Å². The molecule has 4 nitrogen and oxygen atoms in total. The zero-order chi connectivity index (χ0) is 21.1. The fourth-order valence-electron chi connectivity index (χ4n) is 5.18. The van der Waals surface area contributed by atoms with Crippen LogP contribution in [0.5, 0.6) is 0 Å². The summed E-state index contributed by atoms with van der Waals surface area (Å²) >= 11 is -6.18. The van der Waals surface area contributed by atoms with Crippen LogP contribution in [0.4, 0.5) is 0 Å². The molecular formula is C24H26IO4P. The molecule has 3 aromatic rings. The molecule has 0 spiro atoms. The molecule has 1 fully saturated rings. The molecule has 0 saturated heterocycles. The van der Waals surface area contributed by atoms with Crippen molar-refractivity contribution in [3.8, 4) is 0 Å². The van der Waals surface area contributed by atoms with Gasteiger partial charge >= 0.3 is 185 Å². The van der Waals surface area contributed by atoms with Crippen molar-refractivity contribution in [3.63, 3.8) is 0 Å². The van der Waals surface area contributed by atoms with E-state index in [1.54, 1.807) is 0 Å². The quantitative estimate of drug-likeness (QED) is 0.290. The summed E-state index contributed by atoms with van der Waals surface area (Å²) in [5.74, 6) is 0. The van der Waals surface area contributed by atoms with Gasteiger partial charge in [-0.25, -0.2) is 0 Å². The SMILES string of the molecule is [O-][I+3]([O-])([O-])OP(c1ccccc1)(c1ccccc1)(c1ccccc1)C1CCCCC1. The summed E-state index contributed by atoms with van der Waals surface area (Å²) in [4.78, 5) is 0. The average Bonchev–Trinajstić information content (AvgIpc) is 2.79. The van der Waals surface area contributed by atoms with Crippen molar-refractivity contribution >= 4 is 22.7 Å². The van der Waals surface area contributed by atoms with E-state index in [-0.39, 0.29) is 5.66 Å². The molecule has 0 aromatic heterocycles. The van der Waals surface area contributed by atoms with Crippen LogP contribution in [0.15, 0.2) is 91.0 Å². The Labute approximate surface area is 184 Å². The van der Waals surface area contributed by atoms with E-state index in [1.165, 1.54) is 0 Å². The van der Waals surface area contributed by atoms with E-state index in [0.29, 0.717) is 0 Å². The standard InChI is InChI=1S/C24H26IO4P/c26-25(27,28)29-30(21-13-5-1-6-14-21,22-15-7-2-8-16-22,23-17-9-3-10-18-23)24-19-11-4-12-20-24/h1-3,5-10,13-18,24H,4,11-12,19-20H2. The Balaban J connectivity index is 2.20. The van der Waals surface area contributed by atoms with Crippen LogP contribution in [0, 0.1) is 0 Å². The van der Waals surface area contributed by atoms with Gasteiger partial charge in [-0.2, -0.15) is 0 Å². The molecule has 0 aliphatic heterocycles. The second-order valence-corrected chi connectivity index (χ2v) is 15.8. The molecule has 1 aliphatic rings. The van der Waals surface area contributed by atoms with Crippen LogP contribution in [0.1, 0.15) is 32.1 Å². The molecule has 0 N–H and O–H groups in total. The first-order chi connectivity index (χ1) is 14.5. The Morgan fingerprint density at radius 3 is 1.30 bits per heavy atom. The Kier molecular flexibility index (Phi) is 6.31. The summed E-state index contributed by atoms with van der Waals surface area (Å²) in [6.45, 7) is -4.09. The zero-order valence-electron chi connectivity index (χ0n) is 16.7. The molecule has 0 atom stereocenters. The van der Waals surface area contributed by atoms with Crippen molar-refractivity contribution in [3.05, 3.63) is 91.0 Å². The van der Waals surface area contributed by atoms with Gasteiger partial charge in [0.25, 0.3) is 0 Å². The fourth-order valence-corrected chi connectivity index (χ4v) is 17.7. The average molecular weight is 536 g/mol. The molecule has 30 heavy (non-hydrogen) atoms. The molecule has 0 amide bonds. The monoisotopic (exact) mass is 536 g/mol. The summed E-state index contributed by atoms with van der Waals surface area (Å²) in [6.07, 6.45) is 4.75. The normalized spacial score (nSPS) is 17.2. The van der Waals surface area contributed by atoms with Gasteiger partial charge in [0.05, 0.1) is 0 Å². The van der Waals surface area contributed by atoms with Gasteiger partial charge in [-0.05, 0) is 0 Å². The Morgan fingerprint density at radius 2 is 0.967 bits per heavy atom. The molecule has 4 rings (SSSR count). The van der Waals surface area contributed by atoms with Crippen LogP contribution >= 0.6 is 6.83 Å². The van der Waals surface area contributed by atoms with Crippen molar-refractivity contribution < 1.29 is 33.3 Å². The zero-order valence-corrected chi connectivity index (χ0v) is 19.8. The first-order valence-corrected chi connectivity index (χ1v) is 16.0. The van der Waals surface area contributed by atoms with E-state index in [4.69, 9.17) is 2.85 Å². The second kappa shape index (κ2) is 8.65. The molecule has 6 heteroatoms. The summed E-state index contributed by atoms with van der Waals surface area (Å²) in [7, 11) is 0. The fraction of sp³-hybridized carbons (Fsp3) is 0.250. The van der Waals surface area contributed by atoms with E-state index >= 15 is 0 Å². The molecule has 0 unspecified atom stereocenters. The van der Waals surface area contributed by atoms with E-state index in [0.717, 1.165) is 48.0 Å². The van der Waals surface area contributed by atoms with E-state index in [2.05, 4.69) is 0 Å². The number of hydrogen-bond acceptors (Lipinski definition) is 4. The third-order valence-corrected chi connectivity index (χ3v) is 16.5. The maximum absolute atomic E-state index is 12.6. The number of benzene rings is 3. The van der Waals surface area contributed by atoms with Gasteiger partial charge in [0.2, 0.25) is 0 Å². The van der Waals surface area contributed by atoms with Crippen LogP contribution in [0.25, 0.3) is 0 Å². The summed E-state index contributed by atoms with van der Waals surface area (Å²) in [5, 5.41) is 2.43. The Bertz CT molecular complexity index is 855. The van der Waals surface area contributed by atoms with Gasteiger partial charge in [-0.15, -0.1) is 0 Å². The predicted octanol–water partition coefficient (Wildman–Crippen LogP) is -1.32. The van der Waals surface area contributed by atoms with Gasteiger partial charge in [0.1, 0.15) is 0 Å². The Hall–Kier alpha value is -1.34. The number of hydrogen-bond donors (Lipinski definition) is 0. The predicted molar refractivity (Wildman–Crippen MR) is 113 cm³/mol. The minimum atomic E-state index is -6.18. The van der Waals surface area contributed by atoms with Gasteiger partial charge < -0.3 is 0 Å². The number of halogens is 1. The topological polar surface area (TPSA) is 78.4 Å². The van der Waals surface area contributed by atoms with Crippen LogP contribution < -0.4 is 46.3 Å². The summed E-state index contributed by atoms with van der Waals surface area (Å²) in [6, 6.07) is 28.8. The van der Waals surface area contributed by atoms with Crippen molar-refractivity contribution in [1.82, 2.24) is 0 Å². The molecule has 0 bridgehead atoms. The van der Waals surface area contributed by atoms with Crippen molar-refractivity contribution in [2.45, 2.75) is 37.8 Å². The van der Waals surface area contributed by atoms with E-state index in [9.17, 15) is 10.3 Å². The second-order valence-electron chi connectivity index (χ2n) is 7.85. The summed E-state index contributed by atoms with van der Waals surface area (Å²) in [5.41, 5.74) is -0.0724. The van der Waals surface area contributed by atoms with Crippen LogP contribution in [-0.2, 0) is 2.85 Å². The third kappa shape index (κ3) is 3.62. The van der Waals surface area contributed by atoms with Gasteiger partial charge in [0.15, 0.2) is 0 Å². The van der Waals surface area contributed by atoms with Crippen molar-refractivity contribution in [2.75, 3.05) is 0 Å². The number of rotatable bonds is 6. The third-order valence-electron chi connectivity index (χ3n) is 6.31. The first-order valence-electron chi connectivity index (χ1n) is 10.3. The van der Waals surface area contributed by atoms with E-state index < -0.39 is 26.9 Å². The molecule has 3 aromatic carbocycles. The van der Waals surface area contributed by atoms with Crippen molar-refractivity contribution in [2.24, 2.45) is 0 Å². The Morgan fingerprint density at radius 1 is 0.600 bits per heavy atom. The molecule has 0 radical (unpaired) electrons. The van der Waals surface area contributed by atoms with Gasteiger partial charge in [0, 0.05) is 0 Å². The molecular weight excluding hydrogens is 510 g/mol. The molecule has 1 aliphatic carbocycles. The maximum atomic E-state index is 12.6. The molecule has 1 saturated carbocycles. The van der Waals surface area contributed by atoms with Gasteiger partial charge in [-0.1, -0.05) is 0 Å². The van der Waals surface area contributed by atoms with Crippen LogP contribution in [0.3, 0.4) is 0 Å². The van der Waals surface area contributed by atoms with Crippen molar-refractivity contribution in [1.29, 1.82) is 0 Å². The molecule has 158 valence electrons. The first kappa shape index (κ1) is 21.9. The molecule has 0 heterocycles. The van der Waals surface area contributed by atoms with Gasteiger partial charge in [-0.3, -0.25) is 0 Å². The van der Waals surface area contributed by atoms with E-state index in [1.807, 2.05) is 91.0 Å². The minimum absolute atomic E-state index is 0.0724. The summed E-state index contributed by atoms with van der Waals surface area (Å²) < 4.78 is 43.9.